The van der Waals surface area contributed by atoms with Crippen LogP contribution in [0.15, 0.2) is 24.3 Å². The van der Waals surface area contributed by atoms with E-state index in [4.69, 9.17) is 11.6 Å². The van der Waals surface area contributed by atoms with E-state index in [-0.39, 0.29) is 5.92 Å². The van der Waals surface area contributed by atoms with Gasteiger partial charge in [0.2, 0.25) is 0 Å². The molecule has 0 spiro atoms. The van der Waals surface area contributed by atoms with Gasteiger partial charge in [-0.2, -0.15) is 0 Å². The highest BCUT2D eigenvalue weighted by Gasteiger charge is 2.32. The molecule has 2 atom stereocenters. The molecule has 10 heavy (non-hydrogen) atoms. The molecule has 1 aliphatic carbocycles. The lowest BCUT2D eigenvalue weighted by Crippen LogP contribution is -2.25. The Balaban J connectivity index is 2.74. The summed E-state index contributed by atoms with van der Waals surface area (Å²) in [4.78, 5) is 0. The van der Waals surface area contributed by atoms with Gasteiger partial charge in [-0.3, -0.25) is 0 Å². The van der Waals surface area contributed by atoms with Gasteiger partial charge in [-0.15, -0.1) is 11.6 Å². The van der Waals surface area contributed by atoms with Crippen molar-refractivity contribution in [3.05, 3.63) is 24.3 Å². The van der Waals surface area contributed by atoms with Crippen molar-refractivity contribution in [3.8, 4) is 0 Å². The summed E-state index contributed by atoms with van der Waals surface area (Å²) in [6.45, 7) is 0. The normalized spacial score (nSPS) is 38.5. The smallest absolute Gasteiger partial charge is 0.190 e. The van der Waals surface area contributed by atoms with Gasteiger partial charge in [-0.05, 0) is 22.0 Å². The Kier molecular flexibility index (Phi) is 2.53. The molecule has 0 aliphatic heterocycles. The van der Waals surface area contributed by atoms with Crippen LogP contribution < -0.4 is 0 Å². The van der Waals surface area contributed by atoms with Crippen molar-refractivity contribution in [2.24, 2.45) is 5.92 Å². The van der Waals surface area contributed by atoms with Gasteiger partial charge in [0.1, 0.15) is 0 Å². The van der Waals surface area contributed by atoms with Crippen LogP contribution in [0.4, 0.5) is 4.39 Å². The standard InChI is InChI=1S/C7H7BrClF/c8-7(10)4-2-1-3-6(7)5-9/h1-4,6H,5H2. The zero-order valence-corrected chi connectivity index (χ0v) is 7.57. The molecule has 0 heterocycles. The maximum atomic E-state index is 13.2. The van der Waals surface area contributed by atoms with Gasteiger partial charge in [0.15, 0.2) is 4.58 Å². The number of allylic oxidation sites excluding steroid dienone is 4. The third-order valence-corrected chi connectivity index (χ3v) is 2.62. The molecule has 0 N–H and O–H groups in total. The summed E-state index contributed by atoms with van der Waals surface area (Å²) in [7, 11) is 0. The number of alkyl halides is 3. The molecule has 0 radical (unpaired) electrons. The first kappa shape index (κ1) is 8.28. The first-order valence-corrected chi connectivity index (χ1v) is 4.29. The average molecular weight is 225 g/mol. The van der Waals surface area contributed by atoms with Crippen LogP contribution in [-0.2, 0) is 0 Å². The van der Waals surface area contributed by atoms with Crippen LogP contribution in [0.2, 0.25) is 0 Å². The molecule has 0 bridgehead atoms. The van der Waals surface area contributed by atoms with E-state index in [1.165, 1.54) is 6.08 Å². The van der Waals surface area contributed by atoms with Gasteiger partial charge < -0.3 is 0 Å². The third-order valence-electron chi connectivity index (χ3n) is 1.43. The molecular weight excluding hydrogens is 218 g/mol. The van der Waals surface area contributed by atoms with E-state index in [0.717, 1.165) is 0 Å². The second kappa shape index (κ2) is 3.05. The highest BCUT2D eigenvalue weighted by Crippen LogP contribution is 2.35. The number of hydrogen-bond donors (Lipinski definition) is 0. The molecule has 1 rings (SSSR count). The molecule has 0 aromatic rings. The predicted octanol–water partition coefficient (Wildman–Crippen LogP) is 3.03. The van der Waals surface area contributed by atoms with Gasteiger partial charge in [0.05, 0.1) is 0 Å². The second-order valence-electron chi connectivity index (χ2n) is 2.18. The first-order valence-electron chi connectivity index (χ1n) is 2.96. The summed E-state index contributed by atoms with van der Waals surface area (Å²) >= 11 is 8.44. The number of halogens is 3. The third kappa shape index (κ3) is 1.61. The molecule has 0 aromatic carbocycles. The van der Waals surface area contributed by atoms with E-state index in [9.17, 15) is 4.39 Å². The largest absolute Gasteiger partial charge is 0.226 e. The summed E-state index contributed by atoms with van der Waals surface area (Å²) in [5.74, 6) is 0.0435. The monoisotopic (exact) mass is 224 g/mol. The molecule has 2 unspecified atom stereocenters. The lowest BCUT2D eigenvalue weighted by Gasteiger charge is -2.22. The Bertz CT molecular complexity index is 174. The first-order chi connectivity index (χ1) is 4.67. The Labute approximate surface area is 72.9 Å². The summed E-state index contributed by atoms with van der Waals surface area (Å²) in [5.41, 5.74) is 0. The van der Waals surface area contributed by atoms with E-state index < -0.39 is 4.58 Å². The molecule has 0 saturated heterocycles. The van der Waals surface area contributed by atoms with Crippen molar-refractivity contribution in [3.63, 3.8) is 0 Å². The van der Waals surface area contributed by atoms with E-state index in [2.05, 4.69) is 15.9 Å². The highest BCUT2D eigenvalue weighted by molar-refractivity contribution is 9.10. The molecule has 0 aromatic heterocycles. The maximum Gasteiger partial charge on any atom is 0.190 e. The van der Waals surface area contributed by atoms with Crippen molar-refractivity contribution in [2.75, 3.05) is 5.88 Å². The van der Waals surface area contributed by atoms with Gasteiger partial charge in [-0.25, -0.2) is 4.39 Å². The van der Waals surface area contributed by atoms with Gasteiger partial charge >= 0.3 is 0 Å². The molecule has 56 valence electrons. The Morgan fingerprint density at radius 2 is 2.30 bits per heavy atom. The Morgan fingerprint density at radius 1 is 1.60 bits per heavy atom. The molecule has 0 nitrogen and oxygen atoms in total. The lowest BCUT2D eigenvalue weighted by atomic mass is 10.0. The number of hydrogen-bond acceptors (Lipinski definition) is 0. The van der Waals surface area contributed by atoms with Crippen LogP contribution >= 0.6 is 27.5 Å². The topological polar surface area (TPSA) is 0 Å². The Morgan fingerprint density at radius 3 is 2.70 bits per heavy atom. The van der Waals surface area contributed by atoms with Crippen LogP contribution in [-0.4, -0.2) is 10.5 Å². The quantitative estimate of drug-likeness (QED) is 0.602. The van der Waals surface area contributed by atoms with E-state index in [1.807, 2.05) is 0 Å². The van der Waals surface area contributed by atoms with Crippen LogP contribution in [0.5, 0.6) is 0 Å². The van der Waals surface area contributed by atoms with Crippen LogP contribution in [0, 0.1) is 5.92 Å². The van der Waals surface area contributed by atoms with Gasteiger partial charge in [-0.1, -0.05) is 18.2 Å². The molecule has 0 amide bonds. The minimum atomic E-state index is -1.44. The SMILES string of the molecule is FC1(Br)C=CC=CC1CCl. The van der Waals surface area contributed by atoms with Crippen molar-refractivity contribution in [2.45, 2.75) is 4.58 Å². The van der Waals surface area contributed by atoms with Crippen LogP contribution in [0.1, 0.15) is 0 Å². The molecular formula is C7H7BrClF. The maximum absolute atomic E-state index is 13.2. The summed E-state index contributed by atoms with van der Waals surface area (Å²) in [6.07, 6.45) is 6.67. The fourth-order valence-electron chi connectivity index (χ4n) is 0.788. The Hall–Kier alpha value is 0.180. The van der Waals surface area contributed by atoms with E-state index in [0.29, 0.717) is 5.88 Å². The fourth-order valence-corrected chi connectivity index (χ4v) is 1.77. The predicted molar refractivity (Wildman–Crippen MR) is 45.3 cm³/mol. The minimum absolute atomic E-state index is 0.251. The molecule has 0 saturated carbocycles. The molecule has 1 aliphatic rings. The summed E-state index contributed by atoms with van der Waals surface area (Å²) < 4.78 is 11.8. The van der Waals surface area contributed by atoms with Crippen molar-refractivity contribution >= 4 is 27.5 Å². The number of rotatable bonds is 1. The van der Waals surface area contributed by atoms with Crippen LogP contribution in [0.25, 0.3) is 0 Å². The van der Waals surface area contributed by atoms with Crippen molar-refractivity contribution < 1.29 is 4.39 Å². The second-order valence-corrected chi connectivity index (χ2v) is 3.70. The summed E-state index contributed by atoms with van der Waals surface area (Å²) in [5, 5.41) is 0. The van der Waals surface area contributed by atoms with Crippen LogP contribution in [0.3, 0.4) is 0 Å². The zero-order chi connectivity index (χ0) is 7.61. The zero-order valence-electron chi connectivity index (χ0n) is 5.23. The fraction of sp³-hybridized carbons (Fsp3) is 0.429. The van der Waals surface area contributed by atoms with Gasteiger partial charge in [0.25, 0.3) is 0 Å². The molecule has 0 fully saturated rings. The average Bonchev–Trinajstić information content (AvgIpc) is 1.87. The van der Waals surface area contributed by atoms with E-state index in [1.54, 1.807) is 18.2 Å². The van der Waals surface area contributed by atoms with Crippen molar-refractivity contribution in [1.82, 2.24) is 0 Å². The van der Waals surface area contributed by atoms with E-state index >= 15 is 0 Å². The van der Waals surface area contributed by atoms with Crippen molar-refractivity contribution in [1.29, 1.82) is 0 Å². The highest BCUT2D eigenvalue weighted by atomic mass is 79.9. The lowest BCUT2D eigenvalue weighted by molar-refractivity contribution is 0.303. The minimum Gasteiger partial charge on any atom is -0.226 e. The summed E-state index contributed by atoms with van der Waals surface area (Å²) in [6, 6.07) is 0. The van der Waals surface area contributed by atoms with Gasteiger partial charge in [0, 0.05) is 11.8 Å². The molecule has 3 heteroatoms.